The summed E-state index contributed by atoms with van der Waals surface area (Å²) in [7, 11) is 0. The summed E-state index contributed by atoms with van der Waals surface area (Å²) in [6.45, 7) is 8.15. The predicted molar refractivity (Wildman–Crippen MR) is 72.1 cm³/mol. The van der Waals surface area contributed by atoms with Gasteiger partial charge in [-0.25, -0.2) is 4.79 Å². The van der Waals surface area contributed by atoms with E-state index in [9.17, 15) is 9.90 Å². The van der Waals surface area contributed by atoms with Gasteiger partial charge in [0.05, 0.1) is 6.10 Å². The van der Waals surface area contributed by atoms with Gasteiger partial charge < -0.3 is 9.84 Å². The Hall–Kier alpha value is -1.35. The van der Waals surface area contributed by atoms with Gasteiger partial charge in [-0.15, -0.1) is 0 Å². The number of hydrogen-bond donors (Lipinski definition) is 1. The summed E-state index contributed by atoms with van der Waals surface area (Å²) in [5.41, 5.74) is 3.96. The van der Waals surface area contributed by atoms with Crippen molar-refractivity contribution >= 4 is 5.97 Å². The Labute approximate surface area is 113 Å². The number of esters is 1. The van der Waals surface area contributed by atoms with Crippen molar-refractivity contribution in [2.24, 2.45) is 11.3 Å². The molecule has 0 fully saturated rings. The fourth-order valence-corrected chi connectivity index (χ4v) is 3.71. The third-order valence-electron chi connectivity index (χ3n) is 5.28. The lowest BCUT2D eigenvalue weighted by Crippen LogP contribution is -2.41. The van der Waals surface area contributed by atoms with Crippen LogP contribution in [0.5, 0.6) is 0 Å². The van der Waals surface area contributed by atoms with Crippen molar-refractivity contribution in [3.05, 3.63) is 34.1 Å². The third kappa shape index (κ3) is 1.51. The Bertz CT molecular complexity index is 565. The molecule has 3 aliphatic rings. The van der Waals surface area contributed by atoms with E-state index in [2.05, 4.69) is 19.9 Å². The van der Waals surface area contributed by atoms with Crippen molar-refractivity contribution in [1.82, 2.24) is 0 Å². The number of carbonyl (C=O) groups is 1. The summed E-state index contributed by atoms with van der Waals surface area (Å²) in [5.74, 6) is 0.718. The second-order valence-corrected chi connectivity index (χ2v) is 6.25. The van der Waals surface area contributed by atoms with Gasteiger partial charge in [0.1, 0.15) is 5.76 Å². The van der Waals surface area contributed by atoms with Crippen LogP contribution in [0.25, 0.3) is 0 Å². The first kappa shape index (κ1) is 12.7. The second kappa shape index (κ2) is 3.83. The minimum Gasteiger partial charge on any atom is -0.423 e. The molecule has 0 aromatic heterocycles. The Kier molecular flexibility index (Phi) is 2.55. The van der Waals surface area contributed by atoms with Crippen LogP contribution >= 0.6 is 0 Å². The van der Waals surface area contributed by atoms with E-state index < -0.39 is 0 Å². The van der Waals surface area contributed by atoms with Crippen molar-refractivity contribution in [1.29, 1.82) is 0 Å². The molecule has 0 radical (unpaired) electrons. The van der Waals surface area contributed by atoms with Gasteiger partial charge in [-0.05, 0) is 43.8 Å². The fraction of sp³-hybridized carbons (Fsp3) is 0.562. The van der Waals surface area contributed by atoms with E-state index in [0.717, 1.165) is 28.9 Å². The number of aliphatic hydroxyl groups excluding tert-OH is 1. The van der Waals surface area contributed by atoms with Crippen LogP contribution in [-0.2, 0) is 9.53 Å². The molecule has 2 aliphatic carbocycles. The van der Waals surface area contributed by atoms with Gasteiger partial charge in [-0.2, -0.15) is 0 Å². The van der Waals surface area contributed by atoms with Crippen molar-refractivity contribution in [3.63, 3.8) is 0 Å². The van der Waals surface area contributed by atoms with E-state index in [4.69, 9.17) is 4.74 Å². The maximum Gasteiger partial charge on any atom is 0.339 e. The monoisotopic (exact) mass is 260 g/mol. The van der Waals surface area contributed by atoms with E-state index in [1.807, 2.05) is 13.8 Å². The summed E-state index contributed by atoms with van der Waals surface area (Å²) >= 11 is 0. The quantitative estimate of drug-likeness (QED) is 0.681. The Balaban J connectivity index is 2.21. The van der Waals surface area contributed by atoms with Crippen LogP contribution in [0.15, 0.2) is 34.1 Å². The van der Waals surface area contributed by atoms with Gasteiger partial charge in [-0.1, -0.05) is 19.9 Å². The summed E-state index contributed by atoms with van der Waals surface area (Å²) in [4.78, 5) is 11.8. The average Bonchev–Trinajstić information content (AvgIpc) is 2.64. The lowest BCUT2D eigenvalue weighted by Gasteiger charge is -2.46. The Morgan fingerprint density at radius 1 is 1.37 bits per heavy atom. The molecule has 0 bridgehead atoms. The number of allylic oxidation sites excluding steroid dienone is 3. The summed E-state index contributed by atoms with van der Waals surface area (Å²) in [6.07, 6.45) is 3.27. The average molecular weight is 260 g/mol. The van der Waals surface area contributed by atoms with E-state index in [1.54, 1.807) is 0 Å². The molecule has 0 saturated heterocycles. The zero-order chi connectivity index (χ0) is 13.9. The van der Waals surface area contributed by atoms with E-state index >= 15 is 0 Å². The number of ether oxygens (including phenoxy) is 1. The molecule has 0 amide bonds. The van der Waals surface area contributed by atoms with Crippen LogP contribution in [0.1, 0.15) is 40.5 Å². The maximum atomic E-state index is 11.8. The summed E-state index contributed by atoms with van der Waals surface area (Å²) < 4.78 is 5.41. The molecule has 0 saturated carbocycles. The molecule has 1 N–H and O–H groups in total. The van der Waals surface area contributed by atoms with Crippen LogP contribution in [-0.4, -0.2) is 17.2 Å². The maximum absolute atomic E-state index is 11.8. The number of rotatable bonds is 0. The van der Waals surface area contributed by atoms with Gasteiger partial charge >= 0.3 is 5.97 Å². The molecule has 1 heterocycles. The van der Waals surface area contributed by atoms with Crippen LogP contribution in [0.4, 0.5) is 0 Å². The first-order valence-corrected chi connectivity index (χ1v) is 6.88. The topological polar surface area (TPSA) is 46.5 Å². The predicted octanol–water partition coefficient (Wildman–Crippen LogP) is 2.87. The Morgan fingerprint density at radius 3 is 2.74 bits per heavy atom. The van der Waals surface area contributed by atoms with Crippen LogP contribution in [0.3, 0.4) is 0 Å². The number of hydrogen-bond acceptors (Lipinski definition) is 3. The number of fused-ring (bicyclic) bond motifs is 2. The van der Waals surface area contributed by atoms with Gasteiger partial charge in [0.15, 0.2) is 0 Å². The normalized spacial score (nSPS) is 37.9. The first-order chi connectivity index (χ1) is 8.86. The summed E-state index contributed by atoms with van der Waals surface area (Å²) in [6, 6.07) is 0. The van der Waals surface area contributed by atoms with Crippen molar-refractivity contribution in [2.75, 3.05) is 0 Å². The molecule has 3 nitrogen and oxygen atoms in total. The van der Waals surface area contributed by atoms with Crippen LogP contribution < -0.4 is 0 Å². The molecule has 3 unspecified atom stereocenters. The summed E-state index contributed by atoms with van der Waals surface area (Å²) in [5, 5.41) is 10.2. The second-order valence-electron chi connectivity index (χ2n) is 6.25. The highest BCUT2D eigenvalue weighted by Gasteiger charge is 2.48. The molecule has 3 atom stereocenters. The smallest absolute Gasteiger partial charge is 0.339 e. The molecule has 0 aromatic carbocycles. The molecule has 3 heteroatoms. The largest absolute Gasteiger partial charge is 0.423 e. The van der Waals surface area contributed by atoms with Crippen molar-refractivity contribution in [3.8, 4) is 0 Å². The zero-order valence-corrected chi connectivity index (χ0v) is 11.9. The lowest BCUT2D eigenvalue weighted by molar-refractivity contribution is -0.133. The van der Waals surface area contributed by atoms with Crippen LogP contribution in [0, 0.1) is 11.3 Å². The third-order valence-corrected chi connectivity index (χ3v) is 5.28. The molecule has 3 rings (SSSR count). The highest BCUT2D eigenvalue weighted by atomic mass is 16.5. The minimum atomic E-state index is -0.304. The first-order valence-electron chi connectivity index (χ1n) is 6.88. The molecule has 0 aromatic rings. The fourth-order valence-electron chi connectivity index (χ4n) is 3.71. The van der Waals surface area contributed by atoms with Gasteiger partial charge in [0.2, 0.25) is 0 Å². The molecular weight excluding hydrogens is 240 g/mol. The number of carbonyl (C=O) groups excluding carboxylic acids is 1. The van der Waals surface area contributed by atoms with Gasteiger partial charge in [0, 0.05) is 16.6 Å². The molecule has 102 valence electrons. The SMILES string of the molecule is CC1=C2CC3(C)C(=CCC(O)C3C)C(C)=C2OC1=O. The van der Waals surface area contributed by atoms with Crippen molar-refractivity contribution < 1.29 is 14.6 Å². The Morgan fingerprint density at radius 2 is 2.05 bits per heavy atom. The van der Waals surface area contributed by atoms with E-state index in [1.165, 1.54) is 5.57 Å². The standard InChI is InChI=1S/C16H20O3/c1-8-11-7-16(4)10(3)13(17)6-5-12(16)9(2)14(11)19-15(8)18/h5,10,13,17H,6-7H2,1-4H3. The van der Waals surface area contributed by atoms with E-state index in [0.29, 0.717) is 6.42 Å². The number of aliphatic hydroxyl groups is 1. The molecule has 0 spiro atoms. The molecule has 1 aliphatic heterocycles. The lowest BCUT2D eigenvalue weighted by atomic mass is 9.58. The molecular formula is C16H20O3. The highest BCUT2D eigenvalue weighted by Crippen LogP contribution is 2.55. The van der Waals surface area contributed by atoms with Crippen molar-refractivity contribution in [2.45, 2.75) is 46.6 Å². The molecule has 19 heavy (non-hydrogen) atoms. The van der Waals surface area contributed by atoms with E-state index in [-0.39, 0.29) is 23.4 Å². The van der Waals surface area contributed by atoms with Gasteiger partial charge in [-0.3, -0.25) is 0 Å². The highest BCUT2D eigenvalue weighted by molar-refractivity contribution is 5.94. The minimum absolute atomic E-state index is 0.101. The van der Waals surface area contributed by atoms with Crippen LogP contribution in [0.2, 0.25) is 0 Å². The van der Waals surface area contributed by atoms with Gasteiger partial charge in [0.25, 0.3) is 0 Å². The zero-order valence-electron chi connectivity index (χ0n) is 11.9.